The molecule has 51 heavy (non-hydrogen) atoms. The van der Waals surface area contributed by atoms with Crippen molar-refractivity contribution in [3.8, 4) is 0 Å². The lowest BCUT2D eigenvalue weighted by Gasteiger charge is -2.37. The maximum Gasteiger partial charge on any atom is 0.509 e. The first kappa shape index (κ1) is 42.9. The molecule has 0 heterocycles. The van der Waals surface area contributed by atoms with Gasteiger partial charge in [0.2, 0.25) is 0 Å². The lowest BCUT2D eigenvalue weighted by molar-refractivity contribution is -0.0230. The van der Waals surface area contributed by atoms with E-state index in [2.05, 4.69) is 5.32 Å². The fraction of sp³-hybridized carbons (Fsp3) is 0.769. The highest BCUT2D eigenvalue weighted by Crippen LogP contribution is 2.41. The number of rotatable bonds is 5. The number of hydrogen-bond acceptors (Lipinski definition) is 11. The molecule has 0 aromatic rings. The zero-order valence-corrected chi connectivity index (χ0v) is 32.9. The number of nitrogens with one attached hydrogen (secondary N) is 1. The summed E-state index contributed by atoms with van der Waals surface area (Å²) >= 11 is 1.08. The van der Waals surface area contributed by atoms with Crippen LogP contribution < -0.4 is 5.32 Å². The van der Waals surface area contributed by atoms with Crippen LogP contribution in [-0.4, -0.2) is 85.4 Å². The molecule has 1 amide bonds. The molecule has 3 aliphatic rings. The van der Waals surface area contributed by atoms with Gasteiger partial charge >= 0.3 is 17.5 Å². The lowest BCUT2D eigenvalue weighted by Crippen LogP contribution is -2.43. The standard InChI is InChI=1S/C39H63NO10S/c1-37(2,3)40-34(44)48-32-15-11-12-26(41)16-18-30(32)25-21-28(43)17-19-31(33(23-25)49-36(46)51-39(7,8)9)24-20-27(42)13-10-14-29(22-24)47-35(45)50-38(4,5)6/h10,14,18-19,24-29,32-33,41-43H,11-13,15-17,20-23H2,1-9H3,(H,40,44)/b14-10+,30-18+,31-19+. The van der Waals surface area contributed by atoms with Crippen LogP contribution in [0.4, 0.5) is 14.4 Å². The highest BCUT2D eigenvalue weighted by molar-refractivity contribution is 8.14. The van der Waals surface area contributed by atoms with Crippen LogP contribution in [0.2, 0.25) is 0 Å². The molecule has 0 aliphatic heterocycles. The molecular weight excluding hydrogens is 674 g/mol. The van der Waals surface area contributed by atoms with E-state index in [9.17, 15) is 29.7 Å². The maximum absolute atomic E-state index is 13.5. The fourth-order valence-corrected chi connectivity index (χ4v) is 7.46. The monoisotopic (exact) mass is 737 g/mol. The first-order chi connectivity index (χ1) is 23.6. The molecule has 0 saturated heterocycles. The molecule has 11 nitrogen and oxygen atoms in total. The number of amides is 1. The van der Waals surface area contributed by atoms with Gasteiger partial charge in [-0.1, -0.05) is 39.0 Å². The summed E-state index contributed by atoms with van der Waals surface area (Å²) in [6, 6.07) is 0. The Bertz CT molecular complexity index is 1270. The molecule has 8 atom stereocenters. The van der Waals surface area contributed by atoms with Crippen molar-refractivity contribution in [1.82, 2.24) is 5.32 Å². The largest absolute Gasteiger partial charge is 0.509 e. The van der Waals surface area contributed by atoms with Crippen molar-refractivity contribution in [3.05, 3.63) is 35.5 Å². The van der Waals surface area contributed by atoms with Crippen molar-refractivity contribution in [3.63, 3.8) is 0 Å². The van der Waals surface area contributed by atoms with Crippen LogP contribution >= 0.6 is 11.8 Å². The van der Waals surface area contributed by atoms with Crippen LogP contribution in [-0.2, 0) is 18.9 Å². The molecule has 0 bridgehead atoms. The normalized spacial score (nSPS) is 32.7. The van der Waals surface area contributed by atoms with Gasteiger partial charge in [0.05, 0.1) is 18.3 Å². The van der Waals surface area contributed by atoms with Gasteiger partial charge in [0.1, 0.15) is 23.9 Å². The number of alkyl carbamates (subject to hydrolysis) is 1. The second-order valence-corrected chi connectivity index (χ2v) is 19.0. The van der Waals surface area contributed by atoms with Crippen molar-refractivity contribution in [2.45, 2.75) is 179 Å². The second-order valence-electron chi connectivity index (χ2n) is 17.2. The number of aliphatic hydroxyl groups is 3. The fourth-order valence-electron chi connectivity index (χ4n) is 6.80. The van der Waals surface area contributed by atoms with E-state index in [1.54, 1.807) is 32.9 Å². The van der Waals surface area contributed by atoms with Gasteiger partial charge in [0, 0.05) is 10.3 Å². The summed E-state index contributed by atoms with van der Waals surface area (Å²) < 4.78 is 23.1. The van der Waals surface area contributed by atoms with E-state index in [1.165, 1.54) is 0 Å². The molecule has 0 spiro atoms. The van der Waals surface area contributed by atoms with E-state index in [4.69, 9.17) is 18.9 Å². The second kappa shape index (κ2) is 18.5. The quantitative estimate of drug-likeness (QED) is 0.123. The van der Waals surface area contributed by atoms with Crippen LogP contribution in [0.25, 0.3) is 0 Å². The highest BCUT2D eigenvalue weighted by atomic mass is 32.2. The van der Waals surface area contributed by atoms with Crippen LogP contribution in [0.15, 0.2) is 35.5 Å². The molecule has 12 heteroatoms. The number of aliphatic hydroxyl groups excluding tert-OH is 3. The number of thioether (sulfide) groups is 1. The minimum absolute atomic E-state index is 0.262. The Kier molecular flexibility index (Phi) is 15.5. The van der Waals surface area contributed by atoms with Gasteiger partial charge in [0.25, 0.3) is 0 Å². The Balaban J connectivity index is 2.04. The van der Waals surface area contributed by atoms with Crippen LogP contribution in [0.1, 0.15) is 127 Å². The van der Waals surface area contributed by atoms with E-state index in [0.717, 1.165) is 22.9 Å². The third-order valence-electron chi connectivity index (χ3n) is 8.82. The summed E-state index contributed by atoms with van der Waals surface area (Å²) in [5.41, 5.74) is 0.269. The first-order valence-corrected chi connectivity index (χ1v) is 19.3. The Hall–Kier alpha value is -2.54. The number of ether oxygens (including phenoxy) is 4. The number of carbonyl (C=O) groups excluding carboxylic acids is 3. The zero-order chi connectivity index (χ0) is 38.1. The number of hydrogen-bond donors (Lipinski definition) is 4. The lowest BCUT2D eigenvalue weighted by atomic mass is 9.75. The minimum atomic E-state index is -0.802. The summed E-state index contributed by atoms with van der Waals surface area (Å²) in [6.45, 7) is 16.7. The van der Waals surface area contributed by atoms with Gasteiger partial charge in [-0.05, 0) is 147 Å². The number of carbonyl (C=O) groups is 3. The molecule has 0 saturated carbocycles. The smallest absolute Gasteiger partial charge is 0.450 e. The van der Waals surface area contributed by atoms with E-state index in [-0.39, 0.29) is 24.7 Å². The SMILES string of the molecule is CC(C)(C)NC(=O)OC1CCCC(O)C/C=C/1C1CC(O)C/C=C(\C2CC(O)C/C=C/C(OC(=O)OC(C)(C)C)C2)C(OC(=O)SC(C)(C)C)C1. The van der Waals surface area contributed by atoms with Crippen molar-refractivity contribution >= 4 is 29.3 Å². The van der Waals surface area contributed by atoms with Crippen molar-refractivity contribution in [1.29, 1.82) is 0 Å². The average Bonchev–Trinajstić information content (AvgIpc) is 2.90. The summed E-state index contributed by atoms with van der Waals surface area (Å²) in [5.74, 6) is -0.746. The van der Waals surface area contributed by atoms with Crippen LogP contribution in [0, 0.1) is 11.8 Å². The molecular formula is C39H63NO10S. The predicted octanol–water partition coefficient (Wildman–Crippen LogP) is 7.90. The molecule has 0 aromatic carbocycles. The van der Waals surface area contributed by atoms with Crippen LogP contribution in [0.5, 0.6) is 0 Å². The molecule has 0 fully saturated rings. The predicted molar refractivity (Wildman–Crippen MR) is 198 cm³/mol. The highest BCUT2D eigenvalue weighted by Gasteiger charge is 2.38. The summed E-state index contributed by atoms with van der Waals surface area (Å²) in [6.07, 6.45) is 5.88. The minimum Gasteiger partial charge on any atom is -0.450 e. The van der Waals surface area contributed by atoms with Gasteiger partial charge in [-0.15, -0.1) is 0 Å². The maximum atomic E-state index is 13.5. The third kappa shape index (κ3) is 15.9. The van der Waals surface area contributed by atoms with E-state index in [0.29, 0.717) is 51.4 Å². The van der Waals surface area contributed by atoms with E-state index >= 15 is 0 Å². The van der Waals surface area contributed by atoms with Gasteiger partial charge in [-0.25, -0.2) is 14.4 Å². The van der Waals surface area contributed by atoms with Gasteiger partial charge in [-0.2, -0.15) is 0 Å². The third-order valence-corrected chi connectivity index (χ3v) is 9.70. The Morgan fingerprint density at radius 2 is 1.31 bits per heavy atom. The summed E-state index contributed by atoms with van der Waals surface area (Å²) in [4.78, 5) is 39.3. The van der Waals surface area contributed by atoms with Crippen molar-refractivity contribution < 1.29 is 48.7 Å². The molecule has 4 N–H and O–H groups in total. The Morgan fingerprint density at radius 1 is 0.725 bits per heavy atom. The molecule has 0 aromatic heterocycles. The van der Waals surface area contributed by atoms with Crippen molar-refractivity contribution in [2.75, 3.05) is 0 Å². The summed E-state index contributed by atoms with van der Waals surface area (Å²) in [7, 11) is 0. The Morgan fingerprint density at radius 3 is 1.92 bits per heavy atom. The topological polar surface area (TPSA) is 161 Å². The molecule has 3 aliphatic carbocycles. The Labute approximate surface area is 309 Å². The van der Waals surface area contributed by atoms with Gasteiger partial charge in [-0.3, -0.25) is 0 Å². The van der Waals surface area contributed by atoms with E-state index < -0.39 is 70.1 Å². The molecule has 290 valence electrons. The molecule has 3 rings (SSSR count). The molecule has 8 unspecified atom stereocenters. The van der Waals surface area contributed by atoms with Gasteiger partial charge < -0.3 is 39.6 Å². The first-order valence-electron chi connectivity index (χ1n) is 18.5. The summed E-state index contributed by atoms with van der Waals surface area (Å²) in [5, 5.41) is 35.5. The van der Waals surface area contributed by atoms with Crippen molar-refractivity contribution in [2.24, 2.45) is 11.8 Å². The van der Waals surface area contributed by atoms with Gasteiger partial charge in [0.15, 0.2) is 0 Å². The molecule has 0 radical (unpaired) electrons. The zero-order valence-electron chi connectivity index (χ0n) is 32.1. The van der Waals surface area contributed by atoms with Crippen LogP contribution in [0.3, 0.4) is 0 Å². The average molecular weight is 738 g/mol. The van der Waals surface area contributed by atoms with E-state index in [1.807, 2.05) is 53.7 Å².